The summed E-state index contributed by atoms with van der Waals surface area (Å²) in [5, 5.41) is 29.4. The molecule has 0 aromatic carbocycles. The van der Waals surface area contributed by atoms with Crippen LogP contribution in [0.5, 0.6) is 0 Å². The van der Waals surface area contributed by atoms with Gasteiger partial charge >= 0.3 is 17.9 Å². The van der Waals surface area contributed by atoms with E-state index in [0.29, 0.717) is 61.3 Å². The van der Waals surface area contributed by atoms with E-state index < -0.39 is 45.7 Å². The Kier molecular flexibility index (Phi) is 9.85. The fraction of sp³-hybridized carbons (Fsp3) is 0.933. The summed E-state index contributed by atoms with van der Waals surface area (Å²) in [4.78, 5) is 35.8. The molecular formula is C45H68O12. The zero-order chi connectivity index (χ0) is 40.4. The van der Waals surface area contributed by atoms with Crippen LogP contribution in [0.15, 0.2) is 0 Å². The molecule has 11 aliphatic rings. The van der Waals surface area contributed by atoms with Crippen molar-refractivity contribution in [3.8, 4) is 0 Å². The van der Waals surface area contributed by atoms with E-state index in [1.54, 1.807) is 0 Å². The summed E-state index contributed by atoms with van der Waals surface area (Å²) in [6, 6.07) is 0. The van der Waals surface area contributed by atoms with E-state index in [4.69, 9.17) is 28.4 Å². The van der Waals surface area contributed by atoms with Gasteiger partial charge < -0.3 is 43.7 Å². The number of aliphatic carboxylic acids is 3. The van der Waals surface area contributed by atoms with Gasteiger partial charge in [0.2, 0.25) is 11.6 Å². The largest absolute Gasteiger partial charge is 0.481 e. The number of rotatable bonds is 11. The lowest BCUT2D eigenvalue weighted by atomic mass is 9.54. The maximum atomic E-state index is 12.1. The first kappa shape index (κ1) is 40.6. The number of ether oxygens (including phenoxy) is 6. The Morgan fingerprint density at radius 1 is 0.614 bits per heavy atom. The molecule has 11 rings (SSSR count). The smallest absolute Gasteiger partial charge is 0.310 e. The van der Waals surface area contributed by atoms with Crippen molar-refractivity contribution in [1.29, 1.82) is 0 Å². The van der Waals surface area contributed by atoms with Crippen LogP contribution < -0.4 is 0 Å². The molecule has 12 heteroatoms. The second-order valence-electron chi connectivity index (χ2n) is 21.6. The third kappa shape index (κ3) is 7.19. The van der Waals surface area contributed by atoms with Gasteiger partial charge in [0.05, 0.1) is 65.1 Å². The van der Waals surface area contributed by atoms with Crippen LogP contribution in [0.25, 0.3) is 0 Å². The summed E-state index contributed by atoms with van der Waals surface area (Å²) in [5.74, 6) is -1.89. The number of carbonyl (C=O) groups is 3. The predicted octanol–water partition coefficient (Wildman–Crippen LogP) is 7.87. The zero-order valence-corrected chi connectivity index (χ0v) is 34.9. The normalized spacial score (nSPS) is 49.0. The molecule has 6 heterocycles. The van der Waals surface area contributed by atoms with Gasteiger partial charge in [0, 0.05) is 12.8 Å². The van der Waals surface area contributed by atoms with E-state index in [0.717, 1.165) is 109 Å². The van der Waals surface area contributed by atoms with Gasteiger partial charge in [0.15, 0.2) is 0 Å². The van der Waals surface area contributed by atoms with Crippen molar-refractivity contribution >= 4 is 17.9 Å². The van der Waals surface area contributed by atoms with Crippen molar-refractivity contribution in [2.24, 2.45) is 38.9 Å². The molecule has 5 saturated carbocycles. The number of carboxylic acid groups (broad SMARTS) is 3. The predicted molar refractivity (Wildman–Crippen MR) is 205 cm³/mol. The van der Waals surface area contributed by atoms with E-state index in [1.807, 2.05) is 13.8 Å². The number of hydrogen-bond acceptors (Lipinski definition) is 9. The first-order chi connectivity index (χ1) is 26.9. The van der Waals surface area contributed by atoms with E-state index in [9.17, 15) is 29.7 Å². The fourth-order valence-corrected chi connectivity index (χ4v) is 13.1. The number of fused-ring (bicyclic) bond motifs is 5. The van der Waals surface area contributed by atoms with Crippen LogP contribution in [0.4, 0.5) is 0 Å². The highest BCUT2D eigenvalue weighted by atomic mass is 17.0. The Balaban J connectivity index is 0.000000111. The van der Waals surface area contributed by atoms with Gasteiger partial charge in [0.1, 0.15) is 0 Å². The topological polar surface area (TPSA) is 187 Å². The number of hydrogen-bond donors (Lipinski definition) is 3. The van der Waals surface area contributed by atoms with Gasteiger partial charge in [-0.3, -0.25) is 14.4 Å². The molecule has 0 bridgehead atoms. The Morgan fingerprint density at radius 2 is 1.16 bits per heavy atom. The van der Waals surface area contributed by atoms with Crippen LogP contribution in [-0.4, -0.2) is 93.6 Å². The molecule has 57 heavy (non-hydrogen) atoms. The van der Waals surface area contributed by atoms with Gasteiger partial charge in [-0.15, -0.1) is 0 Å². The number of epoxide rings is 6. The van der Waals surface area contributed by atoms with Gasteiger partial charge in [-0.25, -0.2) is 0 Å². The summed E-state index contributed by atoms with van der Waals surface area (Å²) in [6.07, 6.45) is 22.1. The molecule has 13 unspecified atom stereocenters. The first-order valence-corrected chi connectivity index (χ1v) is 22.6. The molecule has 0 aromatic heterocycles. The monoisotopic (exact) mass is 800 g/mol. The van der Waals surface area contributed by atoms with Crippen molar-refractivity contribution in [2.75, 3.05) is 0 Å². The van der Waals surface area contributed by atoms with E-state index in [2.05, 4.69) is 20.8 Å². The lowest BCUT2D eigenvalue weighted by molar-refractivity contribution is -0.169. The van der Waals surface area contributed by atoms with Gasteiger partial charge in [0.25, 0.3) is 0 Å². The molecule has 6 aliphatic heterocycles. The molecule has 3 N–H and O–H groups in total. The van der Waals surface area contributed by atoms with Gasteiger partial charge in [-0.1, -0.05) is 47.0 Å². The van der Waals surface area contributed by atoms with Crippen LogP contribution in [0.3, 0.4) is 0 Å². The lowest BCUT2D eigenvalue weighted by Gasteiger charge is -2.47. The standard InChI is InChI=1S/C16H24O4.C15H24O4.C14H20O4/c1-15(2)7-12-13(20-12)8-16(15,14(17)18)6-9-3-4-10-11(5-9)19-10;1-4-14-15(18-14,19-14)10-13(3,11(16)17)12(2)8-6-5-7-9-12;15-13(16)14(4-3-10-12(7-14)18-10)6-8-1-2-9-11(5-8)17-9/h9-13H,3-8H2,1-2H3,(H,17,18);4-10H2,1-3H3,(H,16,17);8-12H,1-7H2,(H,15,16). The average molecular weight is 801 g/mol. The Labute approximate surface area is 337 Å². The maximum Gasteiger partial charge on any atom is 0.310 e. The average Bonchev–Trinajstić information content (AvgIpc) is 3.91. The second kappa shape index (κ2) is 13.8. The Hall–Kier alpha value is -1.83. The second-order valence-corrected chi connectivity index (χ2v) is 21.6. The summed E-state index contributed by atoms with van der Waals surface area (Å²) in [5.41, 5.74) is -2.22. The van der Waals surface area contributed by atoms with Gasteiger partial charge in [-0.2, -0.15) is 0 Å². The molecular weight excluding hydrogens is 732 g/mol. The lowest BCUT2D eigenvalue weighted by Crippen LogP contribution is -2.50. The highest BCUT2D eigenvalue weighted by Crippen LogP contribution is 2.74. The minimum Gasteiger partial charge on any atom is -0.481 e. The minimum atomic E-state index is -0.763. The third-order valence-electron chi connectivity index (χ3n) is 17.8. The van der Waals surface area contributed by atoms with Crippen molar-refractivity contribution in [3.05, 3.63) is 0 Å². The summed E-state index contributed by atoms with van der Waals surface area (Å²) in [7, 11) is 0. The summed E-state index contributed by atoms with van der Waals surface area (Å²) >= 11 is 0. The molecule has 0 amide bonds. The minimum absolute atomic E-state index is 0.150. The van der Waals surface area contributed by atoms with Crippen molar-refractivity contribution in [3.63, 3.8) is 0 Å². The van der Waals surface area contributed by atoms with Crippen LogP contribution in [0, 0.1) is 38.9 Å². The molecule has 6 saturated heterocycles. The van der Waals surface area contributed by atoms with Crippen LogP contribution in [0.2, 0.25) is 0 Å². The summed E-state index contributed by atoms with van der Waals surface area (Å²) in [6.45, 7) is 10.3. The molecule has 13 atom stereocenters. The van der Waals surface area contributed by atoms with Crippen LogP contribution in [-0.2, 0) is 42.8 Å². The zero-order valence-electron chi connectivity index (χ0n) is 34.9. The third-order valence-corrected chi connectivity index (χ3v) is 17.8. The highest BCUT2D eigenvalue weighted by molar-refractivity contribution is 5.77. The van der Waals surface area contributed by atoms with Gasteiger partial charge in [-0.05, 0) is 126 Å². The van der Waals surface area contributed by atoms with Crippen molar-refractivity contribution < 1.29 is 58.1 Å². The molecule has 0 spiro atoms. The molecule has 11 fully saturated rings. The molecule has 320 valence electrons. The van der Waals surface area contributed by atoms with Crippen LogP contribution >= 0.6 is 0 Å². The van der Waals surface area contributed by atoms with E-state index >= 15 is 0 Å². The van der Waals surface area contributed by atoms with Crippen LogP contribution in [0.1, 0.15) is 163 Å². The summed E-state index contributed by atoms with van der Waals surface area (Å²) < 4.78 is 33.6. The Morgan fingerprint density at radius 3 is 1.68 bits per heavy atom. The fourth-order valence-electron chi connectivity index (χ4n) is 13.1. The van der Waals surface area contributed by atoms with Crippen molar-refractivity contribution in [1.82, 2.24) is 0 Å². The molecule has 12 nitrogen and oxygen atoms in total. The van der Waals surface area contributed by atoms with E-state index in [1.165, 1.54) is 6.42 Å². The first-order valence-electron chi connectivity index (χ1n) is 22.6. The highest BCUT2D eigenvalue weighted by Gasteiger charge is 2.91. The number of carboxylic acids is 3. The molecule has 0 aromatic rings. The van der Waals surface area contributed by atoms with Crippen molar-refractivity contribution in [2.45, 2.75) is 223 Å². The maximum absolute atomic E-state index is 12.1. The quantitative estimate of drug-likeness (QED) is 0.172. The SMILES string of the molecule is CC1(C)CC2OC2CC1(CC1CCC2OC2C1)C(=O)O.CCC12OC1(CC(C)(C(=O)O)C1(C)CCCCC1)O2.O=C(O)C1(CC2CCC3OC3C2)CCC2OC2C1. The molecule has 5 aliphatic carbocycles. The Bertz CT molecular complexity index is 1600. The molecule has 0 radical (unpaired) electrons. The van der Waals surface area contributed by atoms with E-state index in [-0.39, 0.29) is 23.0 Å².